The van der Waals surface area contributed by atoms with Gasteiger partial charge in [-0.05, 0) is 30.9 Å². The van der Waals surface area contributed by atoms with Crippen molar-refractivity contribution in [2.45, 2.75) is 25.1 Å². The number of para-hydroxylation sites is 1. The minimum absolute atomic E-state index is 0.139. The molecule has 0 aliphatic carbocycles. The van der Waals surface area contributed by atoms with Crippen molar-refractivity contribution in [3.05, 3.63) is 47.9 Å². The highest BCUT2D eigenvalue weighted by molar-refractivity contribution is 5.88. The van der Waals surface area contributed by atoms with Crippen LogP contribution in [0.1, 0.15) is 30.1 Å². The van der Waals surface area contributed by atoms with Crippen LogP contribution in [0.5, 0.6) is 5.75 Å². The molecule has 2 N–H and O–H groups in total. The number of aromatic amines is 1. The number of hydrogen-bond donors (Lipinski definition) is 2. The number of nitrogens with one attached hydrogen (secondary N) is 2. The number of halogens is 3. The Labute approximate surface area is 170 Å². The second-order valence-corrected chi connectivity index (χ2v) is 7.75. The SMILES string of the molecule is FC(F)(F)c1cc2c(N[C@@H]3c4ccccc4OC[C@H]3C3CCOCC3)ncnc2[nH]1. The van der Waals surface area contributed by atoms with E-state index in [-0.39, 0.29) is 17.6 Å². The van der Waals surface area contributed by atoms with Gasteiger partial charge in [-0.25, -0.2) is 9.97 Å². The van der Waals surface area contributed by atoms with Crippen LogP contribution < -0.4 is 10.1 Å². The standard InChI is InChI=1S/C21H21F3N4O2/c22-21(23,24)17-9-14-19(27-17)25-11-26-20(14)28-18-13-3-1-2-4-16(13)30-10-15(18)12-5-7-29-8-6-12/h1-4,9,11-12,15,18H,5-8,10H2,(H2,25,26,27,28)/t15-,18+/m0/s1. The van der Waals surface area contributed by atoms with Crippen molar-refractivity contribution in [2.75, 3.05) is 25.1 Å². The zero-order valence-electron chi connectivity index (χ0n) is 16.1. The lowest BCUT2D eigenvalue weighted by molar-refractivity contribution is -0.140. The Balaban J connectivity index is 1.54. The fourth-order valence-electron chi connectivity index (χ4n) is 4.47. The Hall–Kier alpha value is -2.81. The maximum absolute atomic E-state index is 13.2. The number of nitrogens with zero attached hydrogens (tertiary/aromatic N) is 2. The van der Waals surface area contributed by atoms with E-state index in [0.717, 1.165) is 30.2 Å². The highest BCUT2D eigenvalue weighted by atomic mass is 19.4. The van der Waals surface area contributed by atoms with Crippen LogP contribution in [0, 0.1) is 11.8 Å². The molecule has 30 heavy (non-hydrogen) atoms. The van der Waals surface area contributed by atoms with Crippen LogP contribution in [-0.4, -0.2) is 34.8 Å². The van der Waals surface area contributed by atoms with Gasteiger partial charge in [0.2, 0.25) is 0 Å². The molecular formula is C21H21F3N4O2. The molecule has 3 aromatic rings. The molecular weight excluding hydrogens is 397 g/mol. The normalized spacial score (nSPS) is 22.5. The molecule has 0 bridgehead atoms. The Morgan fingerprint density at radius 2 is 1.90 bits per heavy atom. The predicted octanol–water partition coefficient (Wildman–Crippen LogP) is 4.57. The molecule has 1 saturated heterocycles. The van der Waals surface area contributed by atoms with Crippen LogP contribution in [0.15, 0.2) is 36.7 Å². The summed E-state index contributed by atoms with van der Waals surface area (Å²) < 4.78 is 51.1. The summed E-state index contributed by atoms with van der Waals surface area (Å²) in [5.41, 5.74) is 0.302. The van der Waals surface area contributed by atoms with E-state index in [4.69, 9.17) is 9.47 Å². The van der Waals surface area contributed by atoms with Crippen LogP contribution >= 0.6 is 0 Å². The van der Waals surface area contributed by atoms with Crippen LogP contribution in [0.3, 0.4) is 0 Å². The number of H-pyrrole nitrogens is 1. The first-order valence-corrected chi connectivity index (χ1v) is 9.97. The van der Waals surface area contributed by atoms with Gasteiger partial charge < -0.3 is 19.8 Å². The molecule has 4 heterocycles. The molecule has 0 saturated carbocycles. The highest BCUT2D eigenvalue weighted by Gasteiger charge is 2.38. The Bertz CT molecular complexity index is 1050. The molecule has 0 spiro atoms. The molecule has 1 fully saturated rings. The van der Waals surface area contributed by atoms with Gasteiger partial charge in [-0.2, -0.15) is 13.2 Å². The lowest BCUT2D eigenvalue weighted by Crippen LogP contribution is -2.38. The molecule has 0 amide bonds. The van der Waals surface area contributed by atoms with E-state index in [1.165, 1.54) is 6.33 Å². The first-order valence-electron chi connectivity index (χ1n) is 9.97. The van der Waals surface area contributed by atoms with E-state index in [1.54, 1.807) is 0 Å². The monoisotopic (exact) mass is 418 g/mol. The number of alkyl halides is 3. The molecule has 2 aliphatic rings. The highest BCUT2D eigenvalue weighted by Crippen LogP contribution is 2.43. The second kappa shape index (κ2) is 7.46. The third kappa shape index (κ3) is 3.47. The Morgan fingerprint density at radius 3 is 2.70 bits per heavy atom. The molecule has 2 aliphatic heterocycles. The third-order valence-electron chi connectivity index (χ3n) is 6.01. The average molecular weight is 418 g/mol. The maximum Gasteiger partial charge on any atom is 0.431 e. The summed E-state index contributed by atoms with van der Waals surface area (Å²) in [5, 5.41) is 3.75. The molecule has 2 atom stereocenters. The van der Waals surface area contributed by atoms with Crippen LogP contribution in [-0.2, 0) is 10.9 Å². The van der Waals surface area contributed by atoms with Gasteiger partial charge in [0.05, 0.1) is 18.0 Å². The molecule has 1 aromatic carbocycles. The van der Waals surface area contributed by atoms with E-state index in [1.807, 2.05) is 24.3 Å². The number of aromatic nitrogens is 3. The average Bonchev–Trinajstić information content (AvgIpc) is 3.21. The zero-order valence-corrected chi connectivity index (χ0v) is 16.1. The van der Waals surface area contributed by atoms with Gasteiger partial charge in [-0.1, -0.05) is 18.2 Å². The fraction of sp³-hybridized carbons (Fsp3) is 0.429. The van der Waals surface area contributed by atoms with E-state index < -0.39 is 11.9 Å². The molecule has 5 rings (SSSR count). The molecule has 0 radical (unpaired) electrons. The first kappa shape index (κ1) is 19.2. The summed E-state index contributed by atoms with van der Waals surface area (Å²) in [6.07, 6.45) is -1.35. The van der Waals surface area contributed by atoms with Crippen molar-refractivity contribution >= 4 is 16.9 Å². The van der Waals surface area contributed by atoms with Crippen LogP contribution in [0.25, 0.3) is 11.0 Å². The van der Waals surface area contributed by atoms with Crippen molar-refractivity contribution in [3.8, 4) is 5.75 Å². The molecule has 2 aromatic heterocycles. The van der Waals surface area contributed by atoms with Crippen molar-refractivity contribution < 1.29 is 22.6 Å². The van der Waals surface area contributed by atoms with Crippen LogP contribution in [0.4, 0.5) is 19.0 Å². The van der Waals surface area contributed by atoms with Crippen molar-refractivity contribution in [3.63, 3.8) is 0 Å². The van der Waals surface area contributed by atoms with Gasteiger partial charge in [-0.15, -0.1) is 0 Å². The van der Waals surface area contributed by atoms with E-state index in [9.17, 15) is 13.2 Å². The third-order valence-corrected chi connectivity index (χ3v) is 6.01. The van der Waals surface area contributed by atoms with Gasteiger partial charge in [-0.3, -0.25) is 0 Å². The van der Waals surface area contributed by atoms with E-state index in [2.05, 4.69) is 20.3 Å². The smallest absolute Gasteiger partial charge is 0.431 e. The molecule has 6 nitrogen and oxygen atoms in total. The quantitative estimate of drug-likeness (QED) is 0.652. The van der Waals surface area contributed by atoms with E-state index in [0.29, 0.717) is 36.9 Å². The molecule has 0 unspecified atom stereocenters. The van der Waals surface area contributed by atoms with Gasteiger partial charge in [0.1, 0.15) is 29.2 Å². The summed E-state index contributed by atoms with van der Waals surface area (Å²) in [6.45, 7) is 1.95. The van der Waals surface area contributed by atoms with Gasteiger partial charge in [0, 0.05) is 24.7 Å². The lowest BCUT2D eigenvalue weighted by atomic mass is 9.77. The first-order chi connectivity index (χ1) is 14.5. The summed E-state index contributed by atoms with van der Waals surface area (Å²) in [7, 11) is 0. The summed E-state index contributed by atoms with van der Waals surface area (Å²) in [6, 6.07) is 8.69. The Morgan fingerprint density at radius 1 is 1.10 bits per heavy atom. The number of hydrogen-bond acceptors (Lipinski definition) is 5. The van der Waals surface area contributed by atoms with Gasteiger partial charge >= 0.3 is 6.18 Å². The summed E-state index contributed by atoms with van der Waals surface area (Å²) in [5.74, 6) is 1.70. The number of benzene rings is 1. The van der Waals surface area contributed by atoms with Crippen LogP contribution in [0.2, 0.25) is 0 Å². The van der Waals surface area contributed by atoms with Crippen molar-refractivity contribution in [1.82, 2.24) is 15.0 Å². The fourth-order valence-corrected chi connectivity index (χ4v) is 4.47. The lowest BCUT2D eigenvalue weighted by Gasteiger charge is -2.40. The second-order valence-electron chi connectivity index (χ2n) is 7.75. The number of ether oxygens (including phenoxy) is 2. The summed E-state index contributed by atoms with van der Waals surface area (Å²) in [4.78, 5) is 10.6. The zero-order chi connectivity index (χ0) is 20.7. The Kier molecular flexibility index (Phi) is 4.77. The minimum Gasteiger partial charge on any atom is -0.493 e. The minimum atomic E-state index is -4.48. The van der Waals surface area contributed by atoms with E-state index >= 15 is 0 Å². The topological polar surface area (TPSA) is 72.1 Å². The van der Waals surface area contributed by atoms with Gasteiger partial charge in [0.15, 0.2) is 0 Å². The maximum atomic E-state index is 13.2. The van der Waals surface area contributed by atoms with Crippen molar-refractivity contribution in [1.29, 1.82) is 0 Å². The van der Waals surface area contributed by atoms with Crippen molar-refractivity contribution in [2.24, 2.45) is 11.8 Å². The molecule has 158 valence electrons. The van der Waals surface area contributed by atoms with Gasteiger partial charge in [0.25, 0.3) is 0 Å². The number of rotatable bonds is 3. The predicted molar refractivity (Wildman–Crippen MR) is 104 cm³/mol. The number of fused-ring (bicyclic) bond motifs is 2. The number of anilines is 1. The largest absolute Gasteiger partial charge is 0.493 e. The summed E-state index contributed by atoms with van der Waals surface area (Å²) >= 11 is 0. The molecule has 9 heteroatoms.